The van der Waals surface area contributed by atoms with Gasteiger partial charge in [-0.3, -0.25) is 0 Å². The fraction of sp³-hybridized carbons (Fsp3) is 0.600. The number of halogens is 1. The maximum Gasteiger partial charge on any atom is 0.240 e. The summed E-state index contributed by atoms with van der Waals surface area (Å²) in [6.45, 7) is 4.18. The third-order valence-electron chi connectivity index (χ3n) is 3.71. The summed E-state index contributed by atoms with van der Waals surface area (Å²) in [5.74, 6) is 0.308. The van der Waals surface area contributed by atoms with Crippen LogP contribution in [0.4, 0.5) is 0 Å². The molecule has 1 fully saturated rings. The third-order valence-corrected chi connectivity index (χ3v) is 6.78. The summed E-state index contributed by atoms with van der Waals surface area (Å²) < 4.78 is 54.1. The Hall–Kier alpha value is -0.710. The van der Waals surface area contributed by atoms with Crippen LogP contribution in [0.2, 0.25) is 0 Å². The summed E-state index contributed by atoms with van der Waals surface area (Å²) in [4.78, 5) is 0.0842. The zero-order valence-corrected chi connectivity index (χ0v) is 16.8. The fourth-order valence-electron chi connectivity index (χ4n) is 2.34. The Morgan fingerprint density at radius 2 is 1.52 bits per heavy atom. The van der Waals surface area contributed by atoms with Gasteiger partial charge in [-0.1, -0.05) is 13.8 Å². The molecule has 4 N–H and O–H groups in total. The largest absolute Gasteiger partial charge is 0.329 e. The van der Waals surface area contributed by atoms with E-state index < -0.39 is 20.0 Å². The fourth-order valence-corrected chi connectivity index (χ4v) is 4.90. The maximum atomic E-state index is 12.4. The molecular weight excluding hydrogens is 386 g/mol. The molecule has 2 rings (SSSR count). The molecule has 0 radical (unpaired) electrons. The molecule has 0 amide bonds. The van der Waals surface area contributed by atoms with Crippen molar-refractivity contribution in [2.75, 3.05) is 6.54 Å². The highest BCUT2D eigenvalue weighted by molar-refractivity contribution is 7.90. The van der Waals surface area contributed by atoms with Crippen LogP contribution < -0.4 is 15.2 Å². The molecule has 1 aromatic rings. The molecule has 1 saturated carbocycles. The lowest BCUT2D eigenvalue weighted by molar-refractivity contribution is 0.465. The molecule has 0 heterocycles. The molecule has 0 bridgehead atoms. The van der Waals surface area contributed by atoms with Crippen LogP contribution in [0.3, 0.4) is 0 Å². The average molecular weight is 412 g/mol. The molecule has 1 unspecified atom stereocenters. The predicted molar refractivity (Wildman–Crippen MR) is 99.7 cm³/mol. The van der Waals surface area contributed by atoms with Gasteiger partial charge in [0.2, 0.25) is 20.0 Å². The Morgan fingerprint density at radius 1 is 1.04 bits per heavy atom. The summed E-state index contributed by atoms with van der Waals surface area (Å²) >= 11 is 0. The SMILES string of the molecule is CC(C)CC(CN)NS(=O)(=O)c1ccc(S(=O)(=O)NC2CC2)cc1.Cl. The minimum absolute atomic E-state index is 0. The lowest BCUT2D eigenvalue weighted by Gasteiger charge is -2.19. The molecule has 0 saturated heterocycles. The van der Waals surface area contributed by atoms with Gasteiger partial charge < -0.3 is 5.73 Å². The van der Waals surface area contributed by atoms with Crippen molar-refractivity contribution in [2.45, 2.75) is 55.0 Å². The summed E-state index contributed by atoms with van der Waals surface area (Å²) in [5, 5.41) is 0. The first-order valence-electron chi connectivity index (χ1n) is 7.99. The van der Waals surface area contributed by atoms with Gasteiger partial charge in [-0.25, -0.2) is 26.3 Å². The van der Waals surface area contributed by atoms with E-state index in [0.29, 0.717) is 12.3 Å². The van der Waals surface area contributed by atoms with Gasteiger partial charge in [0.15, 0.2) is 0 Å². The quantitative estimate of drug-likeness (QED) is 0.564. The van der Waals surface area contributed by atoms with Crippen molar-refractivity contribution in [2.24, 2.45) is 11.7 Å². The lowest BCUT2D eigenvalue weighted by atomic mass is 10.1. The number of rotatable bonds is 9. The highest BCUT2D eigenvalue weighted by Gasteiger charge is 2.28. The van der Waals surface area contributed by atoms with Gasteiger partial charge in [0.1, 0.15) is 0 Å². The highest BCUT2D eigenvalue weighted by atomic mass is 35.5. The van der Waals surface area contributed by atoms with E-state index in [2.05, 4.69) is 9.44 Å². The van der Waals surface area contributed by atoms with Crippen LogP contribution in [0.25, 0.3) is 0 Å². The molecule has 1 aliphatic carbocycles. The van der Waals surface area contributed by atoms with E-state index in [4.69, 9.17) is 5.73 Å². The Kier molecular flexibility index (Phi) is 7.85. The van der Waals surface area contributed by atoms with Gasteiger partial charge in [-0.15, -0.1) is 12.4 Å². The number of hydrogen-bond acceptors (Lipinski definition) is 5. The normalized spacial score (nSPS) is 16.5. The molecule has 0 spiro atoms. The molecule has 25 heavy (non-hydrogen) atoms. The van der Waals surface area contributed by atoms with Gasteiger partial charge in [-0.05, 0) is 49.4 Å². The monoisotopic (exact) mass is 411 g/mol. The summed E-state index contributed by atoms with van der Waals surface area (Å²) in [7, 11) is -7.32. The van der Waals surface area contributed by atoms with Crippen LogP contribution in [0, 0.1) is 5.92 Å². The van der Waals surface area contributed by atoms with E-state index in [9.17, 15) is 16.8 Å². The van der Waals surface area contributed by atoms with Crippen LogP contribution in [-0.2, 0) is 20.0 Å². The van der Waals surface area contributed by atoms with Crippen molar-refractivity contribution in [1.82, 2.24) is 9.44 Å². The van der Waals surface area contributed by atoms with E-state index in [-0.39, 0.29) is 40.8 Å². The van der Waals surface area contributed by atoms with Crippen molar-refractivity contribution in [3.8, 4) is 0 Å². The first-order valence-corrected chi connectivity index (χ1v) is 11.0. The van der Waals surface area contributed by atoms with Crippen molar-refractivity contribution < 1.29 is 16.8 Å². The average Bonchev–Trinajstić information content (AvgIpc) is 3.29. The molecule has 144 valence electrons. The minimum atomic E-state index is -3.74. The predicted octanol–water partition coefficient (Wildman–Crippen LogP) is 1.20. The second kappa shape index (κ2) is 8.79. The molecule has 0 aliphatic heterocycles. The van der Waals surface area contributed by atoms with Crippen molar-refractivity contribution in [3.63, 3.8) is 0 Å². The van der Waals surface area contributed by atoms with Gasteiger partial charge in [0.25, 0.3) is 0 Å². The second-order valence-electron chi connectivity index (χ2n) is 6.55. The van der Waals surface area contributed by atoms with E-state index in [1.54, 1.807) is 0 Å². The van der Waals surface area contributed by atoms with Gasteiger partial charge in [-0.2, -0.15) is 0 Å². The standard InChI is InChI=1S/C15H25N3O4S2.ClH/c1-11(2)9-13(10-16)18-24(21,22)15-7-5-14(6-8-15)23(19,20)17-12-3-4-12;/h5-8,11-13,17-18H,3-4,9-10,16H2,1-2H3;1H. The topological polar surface area (TPSA) is 118 Å². The van der Waals surface area contributed by atoms with E-state index in [0.717, 1.165) is 12.8 Å². The third kappa shape index (κ3) is 6.50. The molecule has 10 heteroatoms. The van der Waals surface area contributed by atoms with Gasteiger partial charge in [0, 0.05) is 18.6 Å². The molecule has 1 aromatic carbocycles. The van der Waals surface area contributed by atoms with E-state index in [1.165, 1.54) is 24.3 Å². The zero-order chi connectivity index (χ0) is 18.0. The molecule has 1 atom stereocenters. The number of nitrogens with two attached hydrogens (primary N) is 1. The Bertz CT molecular complexity index is 760. The first kappa shape index (κ1) is 22.3. The van der Waals surface area contributed by atoms with E-state index >= 15 is 0 Å². The number of hydrogen-bond donors (Lipinski definition) is 3. The molecule has 7 nitrogen and oxygen atoms in total. The Morgan fingerprint density at radius 3 is 1.92 bits per heavy atom. The summed E-state index contributed by atoms with van der Waals surface area (Å²) in [6, 6.07) is 4.86. The lowest BCUT2D eigenvalue weighted by Crippen LogP contribution is -2.40. The summed E-state index contributed by atoms with van der Waals surface area (Å²) in [6.07, 6.45) is 2.31. The van der Waals surface area contributed by atoms with Gasteiger partial charge in [0.05, 0.1) is 9.79 Å². The van der Waals surface area contributed by atoms with Crippen molar-refractivity contribution in [1.29, 1.82) is 0 Å². The van der Waals surface area contributed by atoms with E-state index in [1.807, 2.05) is 13.8 Å². The highest BCUT2D eigenvalue weighted by Crippen LogP contribution is 2.23. The maximum absolute atomic E-state index is 12.4. The molecular formula is C15H26ClN3O4S2. The van der Waals surface area contributed by atoms with Crippen LogP contribution in [0.15, 0.2) is 34.1 Å². The number of benzene rings is 1. The van der Waals surface area contributed by atoms with Crippen LogP contribution in [0.5, 0.6) is 0 Å². The summed E-state index contributed by atoms with van der Waals surface area (Å²) in [5.41, 5.74) is 5.63. The minimum Gasteiger partial charge on any atom is -0.329 e. The number of sulfonamides is 2. The smallest absolute Gasteiger partial charge is 0.240 e. The Balaban J connectivity index is 0.00000312. The van der Waals surface area contributed by atoms with Crippen molar-refractivity contribution >= 4 is 32.5 Å². The zero-order valence-electron chi connectivity index (χ0n) is 14.3. The first-order chi connectivity index (χ1) is 11.1. The molecule has 1 aliphatic rings. The number of nitrogens with one attached hydrogen (secondary N) is 2. The molecule has 0 aromatic heterocycles. The second-order valence-corrected chi connectivity index (χ2v) is 9.98. The van der Waals surface area contributed by atoms with Crippen LogP contribution in [-0.4, -0.2) is 35.5 Å². The Labute approximate surface area is 156 Å². The van der Waals surface area contributed by atoms with Gasteiger partial charge >= 0.3 is 0 Å². The van der Waals surface area contributed by atoms with Crippen molar-refractivity contribution in [3.05, 3.63) is 24.3 Å². The van der Waals surface area contributed by atoms with Crippen LogP contribution >= 0.6 is 12.4 Å². The van der Waals surface area contributed by atoms with Crippen LogP contribution in [0.1, 0.15) is 33.1 Å².